The van der Waals surface area contributed by atoms with Crippen LogP contribution in [0.1, 0.15) is 33.3 Å². The quantitative estimate of drug-likeness (QED) is 0.831. The maximum atomic E-state index is 12.8. The average molecular weight is 323 g/mol. The third-order valence-electron chi connectivity index (χ3n) is 3.52. The van der Waals surface area contributed by atoms with Crippen LogP contribution in [0, 0.1) is 6.92 Å². The molecule has 2 aromatic rings. The van der Waals surface area contributed by atoms with Crippen molar-refractivity contribution in [2.45, 2.75) is 13.8 Å². The normalized spacial score (nSPS) is 10.1. The van der Waals surface area contributed by atoms with E-state index in [1.165, 1.54) is 12.3 Å². The Labute approximate surface area is 142 Å². The third-order valence-corrected chi connectivity index (χ3v) is 3.52. The SMILES string of the molecule is C=CCNC(=O)c1cc(C(=O)N(CC)c2cccc(C)c2)ccn1. The number of rotatable bonds is 6. The molecule has 124 valence electrons. The molecule has 0 radical (unpaired) electrons. The molecule has 0 aliphatic carbocycles. The number of hydrogen-bond acceptors (Lipinski definition) is 3. The lowest BCUT2D eigenvalue weighted by molar-refractivity contribution is 0.0953. The first-order valence-electron chi connectivity index (χ1n) is 7.80. The van der Waals surface area contributed by atoms with Gasteiger partial charge in [0.25, 0.3) is 11.8 Å². The molecule has 0 aliphatic rings. The number of amides is 2. The van der Waals surface area contributed by atoms with Gasteiger partial charge in [-0.1, -0.05) is 18.2 Å². The van der Waals surface area contributed by atoms with Crippen molar-refractivity contribution in [3.63, 3.8) is 0 Å². The molecule has 5 heteroatoms. The van der Waals surface area contributed by atoms with Gasteiger partial charge in [-0.05, 0) is 43.7 Å². The lowest BCUT2D eigenvalue weighted by Gasteiger charge is -2.21. The van der Waals surface area contributed by atoms with Crippen LogP contribution >= 0.6 is 0 Å². The molecule has 1 aromatic carbocycles. The second-order valence-electron chi connectivity index (χ2n) is 5.32. The molecular weight excluding hydrogens is 302 g/mol. The van der Waals surface area contributed by atoms with Crippen molar-refractivity contribution in [3.05, 3.63) is 72.1 Å². The number of nitrogens with zero attached hydrogens (tertiary/aromatic N) is 2. The van der Waals surface area contributed by atoms with Crippen molar-refractivity contribution in [2.24, 2.45) is 0 Å². The van der Waals surface area contributed by atoms with Crippen LogP contribution in [0.15, 0.2) is 55.3 Å². The fraction of sp³-hybridized carbons (Fsp3) is 0.211. The molecule has 0 bridgehead atoms. The number of carbonyl (C=O) groups excluding carboxylic acids is 2. The van der Waals surface area contributed by atoms with Crippen LogP contribution in [0.2, 0.25) is 0 Å². The molecule has 1 aromatic heterocycles. The number of benzene rings is 1. The van der Waals surface area contributed by atoms with Crippen LogP contribution in [0.3, 0.4) is 0 Å². The zero-order valence-electron chi connectivity index (χ0n) is 14.0. The Morgan fingerprint density at radius 3 is 2.75 bits per heavy atom. The summed E-state index contributed by atoms with van der Waals surface area (Å²) < 4.78 is 0. The summed E-state index contributed by atoms with van der Waals surface area (Å²) >= 11 is 0. The Bertz CT molecular complexity index is 756. The van der Waals surface area contributed by atoms with Gasteiger partial charge in [0.1, 0.15) is 5.69 Å². The second-order valence-corrected chi connectivity index (χ2v) is 5.32. The maximum Gasteiger partial charge on any atom is 0.270 e. The molecule has 2 rings (SSSR count). The van der Waals surface area contributed by atoms with Crippen LogP contribution < -0.4 is 10.2 Å². The largest absolute Gasteiger partial charge is 0.347 e. The molecule has 5 nitrogen and oxygen atoms in total. The number of aryl methyl sites for hydroxylation is 1. The summed E-state index contributed by atoms with van der Waals surface area (Å²) in [6, 6.07) is 10.9. The van der Waals surface area contributed by atoms with Gasteiger partial charge in [0.05, 0.1) is 0 Å². The van der Waals surface area contributed by atoms with Crippen LogP contribution in [0.25, 0.3) is 0 Å². The van der Waals surface area contributed by atoms with Crippen LogP contribution in [-0.2, 0) is 0 Å². The smallest absolute Gasteiger partial charge is 0.270 e. The van der Waals surface area contributed by atoms with Crippen molar-refractivity contribution >= 4 is 17.5 Å². The topological polar surface area (TPSA) is 62.3 Å². The Morgan fingerprint density at radius 1 is 1.29 bits per heavy atom. The summed E-state index contributed by atoms with van der Waals surface area (Å²) in [6.07, 6.45) is 3.06. The van der Waals surface area contributed by atoms with Crippen LogP contribution in [0.5, 0.6) is 0 Å². The second kappa shape index (κ2) is 8.06. The van der Waals surface area contributed by atoms with Gasteiger partial charge in [0, 0.05) is 30.5 Å². The number of nitrogens with one attached hydrogen (secondary N) is 1. The highest BCUT2D eigenvalue weighted by atomic mass is 16.2. The molecule has 2 amide bonds. The highest BCUT2D eigenvalue weighted by Gasteiger charge is 2.18. The van der Waals surface area contributed by atoms with Gasteiger partial charge in [0.2, 0.25) is 0 Å². The Kier molecular flexibility index (Phi) is 5.84. The fourth-order valence-electron chi connectivity index (χ4n) is 2.34. The zero-order valence-corrected chi connectivity index (χ0v) is 14.0. The number of anilines is 1. The highest BCUT2D eigenvalue weighted by molar-refractivity contribution is 6.07. The predicted molar refractivity (Wildman–Crippen MR) is 95.3 cm³/mol. The van der Waals surface area contributed by atoms with Gasteiger partial charge < -0.3 is 10.2 Å². The molecule has 0 saturated heterocycles. The molecule has 0 atom stereocenters. The van der Waals surface area contributed by atoms with E-state index in [9.17, 15) is 9.59 Å². The summed E-state index contributed by atoms with van der Waals surface area (Å²) in [4.78, 5) is 30.5. The average Bonchev–Trinajstić information content (AvgIpc) is 2.60. The van der Waals surface area contributed by atoms with Gasteiger partial charge in [0.15, 0.2) is 0 Å². The van der Waals surface area contributed by atoms with Crippen molar-refractivity contribution in [1.29, 1.82) is 0 Å². The molecule has 0 saturated carbocycles. The van der Waals surface area contributed by atoms with Crippen molar-refractivity contribution in [3.8, 4) is 0 Å². The summed E-state index contributed by atoms with van der Waals surface area (Å²) in [7, 11) is 0. The molecule has 0 unspecified atom stereocenters. The van der Waals surface area contributed by atoms with E-state index in [0.29, 0.717) is 18.7 Å². The molecule has 1 N–H and O–H groups in total. The standard InChI is InChI=1S/C19H21N3O2/c1-4-10-21-18(23)17-13-15(9-11-20-17)19(24)22(5-2)16-8-6-7-14(3)12-16/h4,6-9,11-13H,1,5,10H2,2-3H3,(H,21,23). The van der Waals surface area contributed by atoms with E-state index in [1.54, 1.807) is 17.0 Å². The molecule has 1 heterocycles. The highest BCUT2D eigenvalue weighted by Crippen LogP contribution is 2.18. The van der Waals surface area contributed by atoms with Crippen LogP contribution in [-0.4, -0.2) is 29.9 Å². The Balaban J connectivity index is 2.27. The Hall–Kier alpha value is -2.95. The first-order valence-corrected chi connectivity index (χ1v) is 7.80. The van der Waals surface area contributed by atoms with E-state index < -0.39 is 0 Å². The van der Waals surface area contributed by atoms with E-state index >= 15 is 0 Å². The number of aromatic nitrogens is 1. The summed E-state index contributed by atoms with van der Waals surface area (Å²) in [5, 5.41) is 2.65. The summed E-state index contributed by atoms with van der Waals surface area (Å²) in [5.41, 5.74) is 2.55. The third kappa shape index (κ3) is 4.07. The lowest BCUT2D eigenvalue weighted by Crippen LogP contribution is -2.31. The van der Waals surface area contributed by atoms with Gasteiger partial charge in [-0.25, -0.2) is 0 Å². The molecule has 0 spiro atoms. The van der Waals surface area contributed by atoms with E-state index in [0.717, 1.165) is 11.3 Å². The molecule has 24 heavy (non-hydrogen) atoms. The van der Waals surface area contributed by atoms with Crippen LogP contribution in [0.4, 0.5) is 5.69 Å². The van der Waals surface area contributed by atoms with Gasteiger partial charge in [-0.15, -0.1) is 6.58 Å². The summed E-state index contributed by atoms with van der Waals surface area (Å²) in [6.45, 7) is 8.33. The zero-order chi connectivity index (χ0) is 17.5. The first-order chi connectivity index (χ1) is 11.6. The van der Waals surface area contributed by atoms with E-state index in [-0.39, 0.29) is 17.5 Å². The molecular formula is C19H21N3O2. The Morgan fingerprint density at radius 2 is 2.08 bits per heavy atom. The minimum atomic E-state index is -0.330. The van der Waals surface area contributed by atoms with E-state index in [1.807, 2.05) is 38.1 Å². The summed E-state index contributed by atoms with van der Waals surface area (Å²) in [5.74, 6) is -0.494. The van der Waals surface area contributed by atoms with E-state index in [4.69, 9.17) is 0 Å². The van der Waals surface area contributed by atoms with Gasteiger partial charge in [-0.3, -0.25) is 14.6 Å². The number of pyridine rings is 1. The van der Waals surface area contributed by atoms with Crippen molar-refractivity contribution < 1.29 is 9.59 Å². The van der Waals surface area contributed by atoms with Gasteiger partial charge >= 0.3 is 0 Å². The lowest BCUT2D eigenvalue weighted by atomic mass is 10.1. The fourth-order valence-corrected chi connectivity index (χ4v) is 2.34. The number of carbonyl (C=O) groups is 2. The maximum absolute atomic E-state index is 12.8. The number of hydrogen-bond donors (Lipinski definition) is 1. The minimum Gasteiger partial charge on any atom is -0.347 e. The minimum absolute atomic E-state index is 0.164. The first kappa shape index (κ1) is 17.4. The predicted octanol–water partition coefficient (Wildman–Crippen LogP) is 2.97. The van der Waals surface area contributed by atoms with E-state index in [2.05, 4.69) is 16.9 Å². The van der Waals surface area contributed by atoms with Crippen molar-refractivity contribution in [1.82, 2.24) is 10.3 Å². The molecule has 0 aliphatic heterocycles. The van der Waals surface area contributed by atoms with Crippen molar-refractivity contribution in [2.75, 3.05) is 18.0 Å². The molecule has 0 fully saturated rings. The van der Waals surface area contributed by atoms with Gasteiger partial charge in [-0.2, -0.15) is 0 Å². The monoisotopic (exact) mass is 323 g/mol.